The highest BCUT2D eigenvalue weighted by atomic mass is 19.4. The van der Waals surface area contributed by atoms with Crippen LogP contribution in [0.2, 0.25) is 0 Å². The van der Waals surface area contributed by atoms with E-state index >= 15 is 0 Å². The second kappa shape index (κ2) is 3.53. The maximum atomic E-state index is 12.0. The van der Waals surface area contributed by atoms with E-state index in [4.69, 9.17) is 0 Å². The minimum absolute atomic E-state index is 0.0663. The van der Waals surface area contributed by atoms with Crippen LogP contribution in [0.4, 0.5) is 13.2 Å². The molecule has 1 aliphatic heterocycles. The molecule has 13 heavy (non-hydrogen) atoms. The third kappa shape index (κ3) is 2.33. The highest BCUT2D eigenvalue weighted by Gasteiger charge is 2.47. The molecule has 0 aliphatic carbocycles. The standard InChI is InChI=1S/C7H9F3O3/c1-12-6(11)4-2-3-5(13-4)7(8,9)10/h4-5H,2-3H2,1H3. The van der Waals surface area contributed by atoms with Crippen LogP contribution in [0.3, 0.4) is 0 Å². The van der Waals surface area contributed by atoms with E-state index in [9.17, 15) is 18.0 Å². The van der Waals surface area contributed by atoms with Gasteiger partial charge in [0.1, 0.15) is 0 Å². The number of alkyl halides is 3. The van der Waals surface area contributed by atoms with Gasteiger partial charge in [0.25, 0.3) is 0 Å². The van der Waals surface area contributed by atoms with Gasteiger partial charge in [-0.3, -0.25) is 0 Å². The maximum absolute atomic E-state index is 12.0. The van der Waals surface area contributed by atoms with Crippen LogP contribution in [0.25, 0.3) is 0 Å². The molecular weight excluding hydrogens is 189 g/mol. The number of ether oxygens (including phenoxy) is 2. The molecule has 3 nitrogen and oxygen atoms in total. The lowest BCUT2D eigenvalue weighted by Gasteiger charge is -2.14. The first kappa shape index (κ1) is 10.3. The molecule has 0 N–H and O–H groups in total. The van der Waals surface area contributed by atoms with Crippen molar-refractivity contribution in [3.8, 4) is 0 Å². The first-order valence-corrected chi connectivity index (χ1v) is 3.75. The van der Waals surface area contributed by atoms with E-state index in [1.54, 1.807) is 0 Å². The Morgan fingerprint density at radius 3 is 2.46 bits per heavy atom. The molecule has 0 amide bonds. The molecule has 0 saturated carbocycles. The summed E-state index contributed by atoms with van der Waals surface area (Å²) in [7, 11) is 1.12. The fourth-order valence-electron chi connectivity index (χ4n) is 1.18. The molecule has 2 unspecified atom stereocenters. The second-order valence-corrected chi connectivity index (χ2v) is 2.76. The van der Waals surface area contributed by atoms with Gasteiger partial charge in [-0.1, -0.05) is 0 Å². The van der Waals surface area contributed by atoms with Crippen molar-refractivity contribution in [2.75, 3.05) is 7.11 Å². The van der Waals surface area contributed by atoms with Crippen LogP contribution in [0.1, 0.15) is 12.8 Å². The summed E-state index contributed by atoms with van der Waals surface area (Å²) in [6, 6.07) is 0. The van der Waals surface area contributed by atoms with Gasteiger partial charge in [-0.15, -0.1) is 0 Å². The predicted octanol–water partition coefficient (Wildman–Crippen LogP) is 1.27. The first-order chi connectivity index (χ1) is 5.95. The van der Waals surface area contributed by atoms with E-state index in [2.05, 4.69) is 9.47 Å². The third-order valence-corrected chi connectivity index (χ3v) is 1.85. The zero-order valence-corrected chi connectivity index (χ0v) is 6.93. The lowest BCUT2D eigenvalue weighted by atomic mass is 10.2. The molecule has 1 fully saturated rings. The number of halogens is 3. The van der Waals surface area contributed by atoms with Crippen molar-refractivity contribution in [2.45, 2.75) is 31.2 Å². The highest BCUT2D eigenvalue weighted by Crippen LogP contribution is 2.33. The zero-order valence-electron chi connectivity index (χ0n) is 6.93. The lowest BCUT2D eigenvalue weighted by molar-refractivity contribution is -0.217. The molecule has 76 valence electrons. The average Bonchev–Trinajstić information content (AvgIpc) is 2.50. The Morgan fingerprint density at radius 1 is 1.46 bits per heavy atom. The van der Waals surface area contributed by atoms with E-state index in [1.165, 1.54) is 0 Å². The van der Waals surface area contributed by atoms with Gasteiger partial charge in [0, 0.05) is 0 Å². The van der Waals surface area contributed by atoms with Crippen LogP contribution in [-0.4, -0.2) is 31.5 Å². The molecule has 0 bridgehead atoms. The molecule has 0 radical (unpaired) electrons. The van der Waals surface area contributed by atoms with Crippen molar-refractivity contribution in [3.63, 3.8) is 0 Å². The molecule has 0 spiro atoms. The van der Waals surface area contributed by atoms with Crippen LogP contribution < -0.4 is 0 Å². The first-order valence-electron chi connectivity index (χ1n) is 3.75. The normalized spacial score (nSPS) is 28.9. The number of hydrogen-bond acceptors (Lipinski definition) is 3. The van der Waals surface area contributed by atoms with Crippen molar-refractivity contribution in [3.05, 3.63) is 0 Å². The van der Waals surface area contributed by atoms with Gasteiger partial charge in [-0.05, 0) is 12.8 Å². The largest absolute Gasteiger partial charge is 0.467 e. The molecule has 0 aromatic heterocycles. The Balaban J connectivity index is 2.50. The van der Waals surface area contributed by atoms with Crippen LogP contribution in [0.5, 0.6) is 0 Å². The molecule has 1 heterocycles. The number of carbonyl (C=O) groups excluding carboxylic acids is 1. The third-order valence-electron chi connectivity index (χ3n) is 1.85. The predicted molar refractivity (Wildman–Crippen MR) is 36.0 cm³/mol. The van der Waals surface area contributed by atoms with Gasteiger partial charge in [-0.2, -0.15) is 13.2 Å². The molecule has 0 aromatic carbocycles. The van der Waals surface area contributed by atoms with Crippen molar-refractivity contribution < 1.29 is 27.4 Å². The second-order valence-electron chi connectivity index (χ2n) is 2.76. The van der Waals surface area contributed by atoms with E-state index in [1.807, 2.05) is 0 Å². The Hall–Kier alpha value is -0.780. The minimum atomic E-state index is -4.39. The van der Waals surface area contributed by atoms with Crippen molar-refractivity contribution in [1.29, 1.82) is 0 Å². The quantitative estimate of drug-likeness (QED) is 0.595. The zero-order chi connectivity index (χ0) is 10.1. The van der Waals surface area contributed by atoms with E-state index in [0.717, 1.165) is 7.11 Å². The molecule has 1 rings (SSSR count). The van der Waals surface area contributed by atoms with E-state index in [-0.39, 0.29) is 12.8 Å². The summed E-state index contributed by atoms with van der Waals surface area (Å²) < 4.78 is 44.8. The number of carbonyl (C=O) groups is 1. The SMILES string of the molecule is COC(=O)C1CCC(C(F)(F)F)O1. The minimum Gasteiger partial charge on any atom is -0.467 e. The number of esters is 1. The molecule has 0 aromatic rings. The molecule has 6 heteroatoms. The van der Waals surface area contributed by atoms with E-state index in [0.29, 0.717) is 0 Å². The Labute approximate surface area is 72.8 Å². The van der Waals surface area contributed by atoms with Gasteiger partial charge in [0.2, 0.25) is 0 Å². The van der Waals surface area contributed by atoms with Gasteiger partial charge < -0.3 is 9.47 Å². The highest BCUT2D eigenvalue weighted by molar-refractivity contribution is 5.74. The number of methoxy groups -OCH3 is 1. The average molecular weight is 198 g/mol. The topological polar surface area (TPSA) is 35.5 Å². The fraction of sp³-hybridized carbons (Fsp3) is 0.857. The monoisotopic (exact) mass is 198 g/mol. The van der Waals surface area contributed by atoms with Crippen molar-refractivity contribution >= 4 is 5.97 Å². The van der Waals surface area contributed by atoms with Gasteiger partial charge in [-0.25, -0.2) is 4.79 Å². The lowest BCUT2D eigenvalue weighted by Crippen LogP contribution is -2.31. The van der Waals surface area contributed by atoms with Crippen molar-refractivity contribution in [2.24, 2.45) is 0 Å². The summed E-state index contributed by atoms with van der Waals surface area (Å²) in [5, 5.41) is 0. The molecule has 1 saturated heterocycles. The Kier molecular flexibility index (Phi) is 2.80. The smallest absolute Gasteiger partial charge is 0.414 e. The Morgan fingerprint density at radius 2 is 2.08 bits per heavy atom. The van der Waals surface area contributed by atoms with Crippen LogP contribution in [0, 0.1) is 0 Å². The summed E-state index contributed by atoms with van der Waals surface area (Å²) in [4.78, 5) is 10.8. The van der Waals surface area contributed by atoms with Crippen LogP contribution >= 0.6 is 0 Å². The molecule has 1 aliphatic rings. The Bertz CT molecular complexity index is 202. The van der Waals surface area contributed by atoms with Crippen LogP contribution in [0.15, 0.2) is 0 Å². The summed E-state index contributed by atoms with van der Waals surface area (Å²) in [6.07, 6.45) is -7.38. The number of rotatable bonds is 1. The molecular formula is C7H9F3O3. The number of hydrogen-bond donors (Lipinski definition) is 0. The summed E-state index contributed by atoms with van der Waals surface area (Å²) in [5.74, 6) is -0.744. The van der Waals surface area contributed by atoms with Crippen molar-refractivity contribution in [1.82, 2.24) is 0 Å². The van der Waals surface area contributed by atoms with Gasteiger partial charge >= 0.3 is 12.1 Å². The maximum Gasteiger partial charge on any atom is 0.414 e. The fourth-order valence-corrected chi connectivity index (χ4v) is 1.18. The summed E-state index contributed by atoms with van der Waals surface area (Å²) in [5.41, 5.74) is 0. The van der Waals surface area contributed by atoms with Gasteiger partial charge in [0.15, 0.2) is 12.2 Å². The molecule has 2 atom stereocenters. The van der Waals surface area contributed by atoms with Gasteiger partial charge in [0.05, 0.1) is 7.11 Å². The van der Waals surface area contributed by atoms with Crippen LogP contribution in [-0.2, 0) is 14.3 Å². The summed E-state index contributed by atoms with van der Waals surface area (Å²) in [6.45, 7) is 0. The van der Waals surface area contributed by atoms with E-state index < -0.39 is 24.4 Å². The summed E-state index contributed by atoms with van der Waals surface area (Å²) >= 11 is 0.